The first-order chi connectivity index (χ1) is 7.29. The maximum atomic E-state index is 5.16. The second-order valence-electron chi connectivity index (χ2n) is 3.14. The lowest BCUT2D eigenvalue weighted by Crippen LogP contribution is -2.11. The van der Waals surface area contributed by atoms with Gasteiger partial charge in [0.2, 0.25) is 12.5 Å². The molecule has 1 aliphatic rings. The molecular formula is C11H10BrN2O+. The van der Waals surface area contributed by atoms with Crippen LogP contribution in [0.5, 0.6) is 5.75 Å². The molecule has 1 heterocycles. The van der Waals surface area contributed by atoms with Crippen LogP contribution in [-0.4, -0.2) is 18.3 Å². The van der Waals surface area contributed by atoms with E-state index in [1.165, 1.54) is 5.56 Å². The van der Waals surface area contributed by atoms with Crippen molar-refractivity contribution < 1.29 is 4.74 Å². The molecule has 0 aromatic heterocycles. The fourth-order valence-electron chi connectivity index (χ4n) is 1.35. The Labute approximate surface area is 97.2 Å². The molecular weight excluding hydrogens is 256 g/mol. The number of halogens is 1. The molecule has 0 fully saturated rings. The lowest BCUT2D eigenvalue weighted by Gasteiger charge is -2.08. The number of benzene rings is 1. The first kappa shape index (κ1) is 10.1. The standard InChI is InChI=1S/C11H10BrN2O/c1-15-11-3-2-9(6-10(11)12)7-14-5-4-13-8-14/h2-3,5-6,8H,7H2,1H3/q+1. The zero-order chi connectivity index (χ0) is 10.7. The first-order valence-corrected chi connectivity index (χ1v) is 5.29. The fourth-order valence-corrected chi connectivity index (χ4v) is 1.94. The monoisotopic (exact) mass is 265 g/mol. The van der Waals surface area contributed by atoms with Crippen LogP contribution < -0.4 is 4.74 Å². The van der Waals surface area contributed by atoms with Crippen LogP contribution in [0.15, 0.2) is 33.9 Å². The van der Waals surface area contributed by atoms with Gasteiger partial charge in [-0.3, -0.25) is 0 Å². The Morgan fingerprint density at radius 1 is 1.53 bits per heavy atom. The normalized spacial score (nSPS) is 13.1. The molecule has 0 atom stereocenters. The third-order valence-corrected chi connectivity index (χ3v) is 2.71. The van der Waals surface area contributed by atoms with Gasteiger partial charge in [0.15, 0.2) is 6.20 Å². The van der Waals surface area contributed by atoms with Crippen molar-refractivity contribution in [1.29, 1.82) is 0 Å². The highest BCUT2D eigenvalue weighted by atomic mass is 79.9. The number of hydrogen-bond donors (Lipinski definition) is 0. The summed E-state index contributed by atoms with van der Waals surface area (Å²) in [6.07, 6.45) is 6.33. The van der Waals surface area contributed by atoms with Crippen molar-refractivity contribution in [3.8, 4) is 5.75 Å². The lowest BCUT2D eigenvalue weighted by atomic mass is 10.2. The zero-order valence-electron chi connectivity index (χ0n) is 8.27. The summed E-state index contributed by atoms with van der Waals surface area (Å²) in [5, 5.41) is 0. The molecule has 0 saturated heterocycles. The number of methoxy groups -OCH3 is 1. The van der Waals surface area contributed by atoms with Gasteiger partial charge in [-0.05, 0) is 33.6 Å². The van der Waals surface area contributed by atoms with E-state index in [1.54, 1.807) is 13.4 Å². The van der Waals surface area contributed by atoms with Crippen molar-refractivity contribution in [3.63, 3.8) is 0 Å². The van der Waals surface area contributed by atoms with Crippen molar-refractivity contribution in [2.75, 3.05) is 7.11 Å². The van der Waals surface area contributed by atoms with Crippen LogP contribution >= 0.6 is 15.9 Å². The zero-order valence-corrected chi connectivity index (χ0v) is 9.86. The van der Waals surface area contributed by atoms with Gasteiger partial charge >= 0.3 is 0 Å². The number of aliphatic imine (C=N–C) groups is 1. The summed E-state index contributed by atoms with van der Waals surface area (Å²) in [4.78, 5) is 5.84. The van der Waals surface area contributed by atoms with E-state index in [2.05, 4.69) is 27.1 Å². The van der Waals surface area contributed by atoms with E-state index in [4.69, 9.17) is 4.74 Å². The quantitative estimate of drug-likeness (QED) is 0.785. The van der Waals surface area contributed by atoms with Crippen LogP contribution in [0, 0.1) is 6.20 Å². The summed E-state index contributed by atoms with van der Waals surface area (Å²) in [6.45, 7) is 0.791. The third-order valence-electron chi connectivity index (χ3n) is 2.09. The third kappa shape index (κ3) is 2.35. The van der Waals surface area contributed by atoms with Crippen LogP contribution in [0.4, 0.5) is 0 Å². The molecule has 0 saturated carbocycles. The van der Waals surface area contributed by atoms with Gasteiger partial charge in [-0.2, -0.15) is 0 Å². The predicted molar refractivity (Wildman–Crippen MR) is 62.5 cm³/mol. The average molecular weight is 266 g/mol. The highest BCUT2D eigenvalue weighted by molar-refractivity contribution is 9.10. The van der Waals surface area contributed by atoms with Crippen LogP contribution in [0.1, 0.15) is 5.56 Å². The molecule has 0 bridgehead atoms. The molecule has 0 amide bonds. The Morgan fingerprint density at radius 3 is 3.00 bits per heavy atom. The summed E-state index contributed by atoms with van der Waals surface area (Å²) >= 11 is 3.45. The molecule has 4 heteroatoms. The summed E-state index contributed by atoms with van der Waals surface area (Å²) in [7, 11) is 1.66. The molecule has 3 nitrogen and oxygen atoms in total. The van der Waals surface area contributed by atoms with Crippen LogP contribution in [0.25, 0.3) is 0 Å². The minimum absolute atomic E-state index is 0.791. The van der Waals surface area contributed by atoms with E-state index in [9.17, 15) is 0 Å². The molecule has 0 spiro atoms. The van der Waals surface area contributed by atoms with Crippen LogP contribution in [0.3, 0.4) is 0 Å². The summed E-state index contributed by atoms with van der Waals surface area (Å²) in [5.41, 5.74) is 1.19. The molecule has 1 aromatic carbocycles. The molecule has 1 aromatic rings. The van der Waals surface area contributed by atoms with Crippen molar-refractivity contribution in [3.05, 3.63) is 40.6 Å². The molecule has 2 rings (SSSR count). The highest BCUT2D eigenvalue weighted by Gasteiger charge is 2.11. The summed E-state index contributed by atoms with van der Waals surface area (Å²) in [5.74, 6) is 0.843. The van der Waals surface area contributed by atoms with Gasteiger partial charge in [0.1, 0.15) is 5.75 Å². The molecule has 15 heavy (non-hydrogen) atoms. The number of rotatable bonds is 3. The maximum absolute atomic E-state index is 5.16. The molecule has 0 aliphatic carbocycles. The number of hydrogen-bond acceptors (Lipinski definition) is 3. The van der Waals surface area contributed by atoms with Gasteiger partial charge in [-0.1, -0.05) is 6.07 Å². The van der Waals surface area contributed by atoms with Gasteiger partial charge in [0.25, 0.3) is 0 Å². The molecule has 0 unspecified atom stereocenters. The van der Waals surface area contributed by atoms with Crippen molar-refractivity contribution >= 4 is 22.3 Å². The SMILES string of the molecule is COc1ccc(CN2C=[C+]N=C2)cc1Br. The van der Waals surface area contributed by atoms with E-state index in [-0.39, 0.29) is 0 Å². The molecule has 1 aliphatic heterocycles. The predicted octanol–water partition coefficient (Wildman–Crippen LogP) is 2.58. The molecule has 0 N–H and O–H groups in total. The first-order valence-electron chi connectivity index (χ1n) is 4.50. The highest BCUT2D eigenvalue weighted by Crippen LogP contribution is 2.26. The Bertz CT molecular complexity index is 403. The second kappa shape index (κ2) is 4.43. The molecule has 76 valence electrons. The maximum Gasteiger partial charge on any atom is 0.246 e. The smallest absolute Gasteiger partial charge is 0.246 e. The summed E-state index contributed by atoms with van der Waals surface area (Å²) in [6, 6.07) is 6.02. The molecule has 0 radical (unpaired) electrons. The Hall–Kier alpha value is -1.38. The Balaban J connectivity index is 2.12. The van der Waals surface area contributed by atoms with E-state index in [0.29, 0.717) is 0 Å². The van der Waals surface area contributed by atoms with Gasteiger partial charge in [0, 0.05) is 4.99 Å². The van der Waals surface area contributed by atoms with Gasteiger partial charge in [-0.15, -0.1) is 0 Å². The van der Waals surface area contributed by atoms with Crippen LogP contribution in [-0.2, 0) is 6.54 Å². The Morgan fingerprint density at radius 2 is 2.40 bits per heavy atom. The van der Waals surface area contributed by atoms with Crippen molar-refractivity contribution in [2.24, 2.45) is 4.99 Å². The van der Waals surface area contributed by atoms with E-state index in [1.807, 2.05) is 29.3 Å². The second-order valence-corrected chi connectivity index (χ2v) is 4.00. The minimum Gasteiger partial charge on any atom is -0.496 e. The van der Waals surface area contributed by atoms with Gasteiger partial charge < -0.3 is 4.74 Å². The van der Waals surface area contributed by atoms with Crippen molar-refractivity contribution in [1.82, 2.24) is 4.90 Å². The van der Waals surface area contributed by atoms with E-state index >= 15 is 0 Å². The van der Waals surface area contributed by atoms with Gasteiger partial charge in [-0.25, -0.2) is 4.90 Å². The number of nitrogens with zero attached hydrogens (tertiary/aromatic N) is 2. The largest absolute Gasteiger partial charge is 0.496 e. The Kier molecular flexibility index (Phi) is 2.99. The van der Waals surface area contributed by atoms with Crippen LogP contribution in [0.2, 0.25) is 0 Å². The van der Waals surface area contributed by atoms with E-state index in [0.717, 1.165) is 16.8 Å². The lowest BCUT2D eigenvalue weighted by molar-refractivity contribution is 0.411. The summed E-state index contributed by atoms with van der Waals surface area (Å²) < 4.78 is 6.13. The fraction of sp³-hybridized carbons (Fsp3) is 0.182. The topological polar surface area (TPSA) is 24.8 Å². The minimum atomic E-state index is 0.791. The van der Waals surface area contributed by atoms with E-state index < -0.39 is 0 Å². The number of ether oxygens (including phenoxy) is 1. The van der Waals surface area contributed by atoms with Crippen molar-refractivity contribution in [2.45, 2.75) is 6.54 Å². The average Bonchev–Trinajstić information content (AvgIpc) is 2.71. The van der Waals surface area contributed by atoms with Gasteiger partial charge in [0.05, 0.1) is 18.1 Å².